The molecule has 1 fully saturated rings. The van der Waals surface area contributed by atoms with Crippen molar-refractivity contribution in [1.29, 1.82) is 0 Å². The van der Waals surface area contributed by atoms with Gasteiger partial charge in [0.1, 0.15) is 5.75 Å². The summed E-state index contributed by atoms with van der Waals surface area (Å²) in [6.45, 7) is 4.29. The molecule has 0 N–H and O–H groups in total. The van der Waals surface area contributed by atoms with Gasteiger partial charge in [0.2, 0.25) is 0 Å². The molecule has 0 aliphatic heterocycles. The molecule has 0 heterocycles. The fraction of sp³-hybridized carbons (Fsp3) is 0.562. The standard InChI is InChI=1S/C16H22O2/c1-11(2)13-8-9-14(15(10-13)18-3)16(17)12-6-4-5-7-12/h8-12H,4-7H2,1-3H3. The third kappa shape index (κ3) is 2.58. The number of carbonyl (C=O) groups excluding carboxylic acids is 1. The molecule has 1 aromatic rings. The summed E-state index contributed by atoms with van der Waals surface area (Å²) in [7, 11) is 1.64. The van der Waals surface area contributed by atoms with Crippen LogP contribution in [-0.2, 0) is 0 Å². The number of carbonyl (C=O) groups is 1. The van der Waals surface area contributed by atoms with Crippen LogP contribution in [0.25, 0.3) is 0 Å². The molecule has 0 aromatic heterocycles. The summed E-state index contributed by atoms with van der Waals surface area (Å²) in [4.78, 5) is 12.4. The molecule has 0 atom stereocenters. The summed E-state index contributed by atoms with van der Waals surface area (Å²) in [6.07, 6.45) is 4.44. The lowest BCUT2D eigenvalue weighted by Crippen LogP contribution is -2.12. The van der Waals surface area contributed by atoms with Crippen LogP contribution in [0.15, 0.2) is 18.2 Å². The van der Waals surface area contributed by atoms with Crippen molar-refractivity contribution in [3.8, 4) is 5.75 Å². The van der Waals surface area contributed by atoms with Crippen LogP contribution >= 0.6 is 0 Å². The molecule has 1 aromatic carbocycles. The first-order chi connectivity index (χ1) is 8.63. The molecular formula is C16H22O2. The van der Waals surface area contributed by atoms with Crippen molar-refractivity contribution in [3.63, 3.8) is 0 Å². The van der Waals surface area contributed by atoms with E-state index < -0.39 is 0 Å². The molecule has 2 heteroatoms. The zero-order chi connectivity index (χ0) is 13.1. The molecule has 1 saturated carbocycles. The van der Waals surface area contributed by atoms with Crippen molar-refractivity contribution in [2.24, 2.45) is 5.92 Å². The molecule has 1 aliphatic rings. The van der Waals surface area contributed by atoms with Crippen LogP contribution in [0.3, 0.4) is 0 Å². The smallest absolute Gasteiger partial charge is 0.169 e. The van der Waals surface area contributed by atoms with Gasteiger partial charge in [-0.25, -0.2) is 0 Å². The Balaban J connectivity index is 2.29. The van der Waals surface area contributed by atoms with Gasteiger partial charge in [-0.2, -0.15) is 0 Å². The summed E-state index contributed by atoms with van der Waals surface area (Å²) >= 11 is 0. The number of Topliss-reactive ketones (excluding diaryl/α,β-unsaturated/α-hetero) is 1. The molecule has 0 amide bonds. The Kier molecular flexibility index (Phi) is 4.05. The molecule has 0 unspecified atom stereocenters. The Morgan fingerprint density at radius 2 is 1.94 bits per heavy atom. The van der Waals surface area contributed by atoms with Gasteiger partial charge in [0, 0.05) is 5.92 Å². The summed E-state index contributed by atoms with van der Waals surface area (Å²) in [5, 5.41) is 0. The predicted molar refractivity (Wildman–Crippen MR) is 73.4 cm³/mol. The Labute approximate surface area is 109 Å². The van der Waals surface area contributed by atoms with Crippen molar-refractivity contribution < 1.29 is 9.53 Å². The SMILES string of the molecule is COc1cc(C(C)C)ccc1C(=O)C1CCCC1. The monoisotopic (exact) mass is 246 g/mol. The van der Waals surface area contributed by atoms with E-state index in [1.54, 1.807) is 7.11 Å². The number of hydrogen-bond acceptors (Lipinski definition) is 2. The molecule has 18 heavy (non-hydrogen) atoms. The van der Waals surface area contributed by atoms with Crippen LogP contribution in [0, 0.1) is 5.92 Å². The Morgan fingerprint density at radius 1 is 1.28 bits per heavy atom. The first-order valence-corrected chi connectivity index (χ1v) is 6.85. The van der Waals surface area contributed by atoms with E-state index in [4.69, 9.17) is 4.74 Å². The van der Waals surface area contributed by atoms with E-state index in [0.717, 1.165) is 24.2 Å². The van der Waals surface area contributed by atoms with E-state index in [2.05, 4.69) is 19.9 Å². The van der Waals surface area contributed by atoms with Gasteiger partial charge in [-0.05, 0) is 36.5 Å². The highest BCUT2D eigenvalue weighted by Crippen LogP contribution is 2.32. The van der Waals surface area contributed by atoms with E-state index in [1.165, 1.54) is 18.4 Å². The van der Waals surface area contributed by atoms with Crippen molar-refractivity contribution >= 4 is 5.78 Å². The lowest BCUT2D eigenvalue weighted by Gasteiger charge is -2.14. The molecular weight excluding hydrogens is 224 g/mol. The third-order valence-electron chi connectivity index (χ3n) is 3.88. The average molecular weight is 246 g/mol. The topological polar surface area (TPSA) is 26.3 Å². The number of rotatable bonds is 4. The molecule has 1 aliphatic carbocycles. The van der Waals surface area contributed by atoms with E-state index >= 15 is 0 Å². The molecule has 2 rings (SSSR count). The molecule has 98 valence electrons. The fourth-order valence-corrected chi connectivity index (χ4v) is 2.68. The van der Waals surface area contributed by atoms with Crippen LogP contribution in [0.4, 0.5) is 0 Å². The minimum atomic E-state index is 0.212. The molecule has 0 bridgehead atoms. The minimum Gasteiger partial charge on any atom is -0.496 e. The van der Waals surface area contributed by atoms with Gasteiger partial charge < -0.3 is 4.74 Å². The highest BCUT2D eigenvalue weighted by molar-refractivity contribution is 6.00. The van der Waals surface area contributed by atoms with Crippen molar-refractivity contribution in [1.82, 2.24) is 0 Å². The van der Waals surface area contributed by atoms with Gasteiger partial charge in [-0.15, -0.1) is 0 Å². The van der Waals surface area contributed by atoms with E-state index in [0.29, 0.717) is 5.92 Å². The Hall–Kier alpha value is -1.31. The van der Waals surface area contributed by atoms with Gasteiger partial charge in [0.05, 0.1) is 12.7 Å². The third-order valence-corrected chi connectivity index (χ3v) is 3.88. The van der Waals surface area contributed by atoms with E-state index in [-0.39, 0.29) is 11.7 Å². The minimum absolute atomic E-state index is 0.212. The number of methoxy groups -OCH3 is 1. The average Bonchev–Trinajstić information content (AvgIpc) is 2.90. The normalized spacial score (nSPS) is 16.2. The van der Waals surface area contributed by atoms with Crippen LogP contribution in [-0.4, -0.2) is 12.9 Å². The second-order valence-corrected chi connectivity index (χ2v) is 5.46. The van der Waals surface area contributed by atoms with E-state index in [1.807, 2.05) is 12.1 Å². The number of ether oxygens (including phenoxy) is 1. The predicted octanol–water partition coefficient (Wildman–Crippen LogP) is 4.19. The van der Waals surface area contributed by atoms with E-state index in [9.17, 15) is 4.79 Å². The lowest BCUT2D eigenvalue weighted by atomic mass is 9.93. The van der Waals surface area contributed by atoms with Crippen LogP contribution in [0.2, 0.25) is 0 Å². The van der Waals surface area contributed by atoms with Gasteiger partial charge >= 0.3 is 0 Å². The summed E-state index contributed by atoms with van der Waals surface area (Å²) in [6, 6.07) is 6.00. The maximum Gasteiger partial charge on any atom is 0.169 e. The molecule has 0 radical (unpaired) electrons. The van der Waals surface area contributed by atoms with Gasteiger partial charge in [0.15, 0.2) is 5.78 Å². The molecule has 0 spiro atoms. The first-order valence-electron chi connectivity index (χ1n) is 6.85. The Bertz CT molecular complexity index is 429. The highest BCUT2D eigenvalue weighted by atomic mass is 16.5. The molecule has 0 saturated heterocycles. The maximum atomic E-state index is 12.4. The zero-order valence-electron chi connectivity index (χ0n) is 11.5. The second-order valence-electron chi connectivity index (χ2n) is 5.46. The highest BCUT2D eigenvalue weighted by Gasteiger charge is 2.26. The zero-order valence-corrected chi connectivity index (χ0v) is 11.5. The quantitative estimate of drug-likeness (QED) is 0.744. The van der Waals surface area contributed by atoms with Crippen molar-refractivity contribution in [3.05, 3.63) is 29.3 Å². The summed E-state index contributed by atoms with van der Waals surface area (Å²) in [5.74, 6) is 1.66. The van der Waals surface area contributed by atoms with Crippen molar-refractivity contribution in [2.45, 2.75) is 45.4 Å². The number of hydrogen-bond donors (Lipinski definition) is 0. The van der Waals surface area contributed by atoms with Crippen LogP contribution in [0.5, 0.6) is 5.75 Å². The van der Waals surface area contributed by atoms with Gasteiger partial charge in [-0.3, -0.25) is 4.79 Å². The summed E-state index contributed by atoms with van der Waals surface area (Å²) in [5.41, 5.74) is 1.98. The van der Waals surface area contributed by atoms with Crippen molar-refractivity contribution in [2.75, 3.05) is 7.11 Å². The molecule has 2 nitrogen and oxygen atoms in total. The number of benzene rings is 1. The van der Waals surface area contributed by atoms with Crippen LogP contribution < -0.4 is 4.74 Å². The van der Waals surface area contributed by atoms with Gasteiger partial charge in [0.25, 0.3) is 0 Å². The Morgan fingerprint density at radius 3 is 2.50 bits per heavy atom. The first kappa shape index (κ1) is 13.1. The van der Waals surface area contributed by atoms with Crippen LogP contribution in [0.1, 0.15) is 61.4 Å². The lowest BCUT2D eigenvalue weighted by molar-refractivity contribution is 0.0919. The number of ketones is 1. The summed E-state index contributed by atoms with van der Waals surface area (Å²) < 4.78 is 5.40. The largest absolute Gasteiger partial charge is 0.496 e. The maximum absolute atomic E-state index is 12.4. The second kappa shape index (κ2) is 5.55. The van der Waals surface area contributed by atoms with Gasteiger partial charge in [-0.1, -0.05) is 32.8 Å². The fourth-order valence-electron chi connectivity index (χ4n) is 2.68.